The standard InChI is InChI=1S/C19H23N5O3S/c1-11(2)9-24-16(20)15(17(25)23(3)19(24)26)14-10-28-18(22-14)21-12-5-7-13(27-4)8-6-12/h5-8,10-11H,9,20H2,1-4H3,(H,21,22). The minimum absolute atomic E-state index is 0.142. The van der Waals surface area contributed by atoms with Gasteiger partial charge < -0.3 is 15.8 Å². The monoisotopic (exact) mass is 401 g/mol. The second-order valence-electron chi connectivity index (χ2n) is 6.80. The minimum Gasteiger partial charge on any atom is -0.497 e. The molecule has 0 spiro atoms. The van der Waals surface area contributed by atoms with Crippen molar-refractivity contribution in [1.82, 2.24) is 14.1 Å². The normalized spacial score (nSPS) is 11.0. The highest BCUT2D eigenvalue weighted by Crippen LogP contribution is 2.28. The Morgan fingerprint density at radius 2 is 1.93 bits per heavy atom. The molecule has 2 aromatic heterocycles. The number of nitrogens with one attached hydrogen (secondary N) is 1. The summed E-state index contributed by atoms with van der Waals surface area (Å²) in [4.78, 5) is 29.6. The van der Waals surface area contributed by atoms with Crippen molar-refractivity contribution in [3.8, 4) is 17.0 Å². The molecule has 0 saturated heterocycles. The van der Waals surface area contributed by atoms with E-state index in [9.17, 15) is 9.59 Å². The number of aromatic nitrogens is 3. The van der Waals surface area contributed by atoms with Gasteiger partial charge in [0, 0.05) is 24.7 Å². The molecule has 0 bridgehead atoms. The first-order chi connectivity index (χ1) is 13.3. The van der Waals surface area contributed by atoms with Crippen molar-refractivity contribution in [2.75, 3.05) is 18.2 Å². The van der Waals surface area contributed by atoms with E-state index in [2.05, 4.69) is 10.3 Å². The summed E-state index contributed by atoms with van der Waals surface area (Å²) in [5, 5.41) is 5.56. The quantitative estimate of drug-likeness (QED) is 0.658. The van der Waals surface area contributed by atoms with Crippen LogP contribution in [0, 0.1) is 5.92 Å². The van der Waals surface area contributed by atoms with E-state index in [0.29, 0.717) is 17.4 Å². The minimum atomic E-state index is -0.455. The molecule has 3 N–H and O–H groups in total. The highest BCUT2D eigenvalue weighted by Gasteiger charge is 2.19. The summed E-state index contributed by atoms with van der Waals surface area (Å²) in [5.74, 6) is 1.10. The zero-order valence-corrected chi connectivity index (χ0v) is 17.0. The molecule has 148 valence electrons. The highest BCUT2D eigenvalue weighted by molar-refractivity contribution is 7.14. The first-order valence-electron chi connectivity index (χ1n) is 8.78. The summed E-state index contributed by atoms with van der Waals surface area (Å²) in [5.41, 5.74) is 6.85. The molecule has 1 aromatic carbocycles. The van der Waals surface area contributed by atoms with Gasteiger partial charge in [-0.05, 0) is 30.2 Å². The molecule has 0 atom stereocenters. The molecule has 0 radical (unpaired) electrons. The van der Waals surface area contributed by atoms with Gasteiger partial charge in [-0.2, -0.15) is 0 Å². The van der Waals surface area contributed by atoms with Gasteiger partial charge in [-0.3, -0.25) is 13.9 Å². The number of nitrogen functional groups attached to an aromatic ring is 1. The number of benzene rings is 1. The van der Waals surface area contributed by atoms with Crippen LogP contribution < -0.4 is 27.0 Å². The number of nitrogens with zero attached hydrogens (tertiary/aromatic N) is 3. The van der Waals surface area contributed by atoms with E-state index in [4.69, 9.17) is 10.5 Å². The second-order valence-corrected chi connectivity index (χ2v) is 7.66. The van der Waals surface area contributed by atoms with Gasteiger partial charge in [0.2, 0.25) is 0 Å². The maximum Gasteiger partial charge on any atom is 0.332 e. The fourth-order valence-electron chi connectivity index (χ4n) is 2.81. The van der Waals surface area contributed by atoms with Crippen LogP contribution in [-0.4, -0.2) is 21.2 Å². The largest absolute Gasteiger partial charge is 0.497 e. The lowest BCUT2D eigenvalue weighted by atomic mass is 10.2. The SMILES string of the molecule is COc1ccc(Nc2nc(-c3c(N)n(CC(C)C)c(=O)n(C)c3=O)cs2)cc1. The number of thiazole rings is 1. The molecule has 0 aliphatic rings. The van der Waals surface area contributed by atoms with Gasteiger partial charge in [0.25, 0.3) is 5.56 Å². The number of anilines is 3. The lowest BCUT2D eigenvalue weighted by Gasteiger charge is -2.15. The smallest absolute Gasteiger partial charge is 0.332 e. The van der Waals surface area contributed by atoms with Crippen molar-refractivity contribution >= 4 is 28.0 Å². The first kappa shape index (κ1) is 19.7. The van der Waals surface area contributed by atoms with Crippen LogP contribution in [0.2, 0.25) is 0 Å². The molecule has 0 saturated carbocycles. The van der Waals surface area contributed by atoms with Gasteiger partial charge in [-0.1, -0.05) is 13.8 Å². The van der Waals surface area contributed by atoms with E-state index in [0.717, 1.165) is 16.0 Å². The van der Waals surface area contributed by atoms with Gasteiger partial charge in [-0.25, -0.2) is 9.78 Å². The van der Waals surface area contributed by atoms with Gasteiger partial charge in [0.1, 0.15) is 17.1 Å². The van der Waals surface area contributed by atoms with E-state index < -0.39 is 11.2 Å². The fraction of sp³-hybridized carbons (Fsp3) is 0.316. The third-order valence-electron chi connectivity index (χ3n) is 4.23. The van der Waals surface area contributed by atoms with E-state index in [-0.39, 0.29) is 17.3 Å². The lowest BCUT2D eigenvalue weighted by Crippen LogP contribution is -2.41. The lowest BCUT2D eigenvalue weighted by molar-refractivity contribution is 0.415. The molecular formula is C19H23N5O3S. The average molecular weight is 401 g/mol. The van der Waals surface area contributed by atoms with Crippen LogP contribution in [0.25, 0.3) is 11.3 Å². The summed E-state index contributed by atoms with van der Waals surface area (Å²) in [6.45, 7) is 4.39. The summed E-state index contributed by atoms with van der Waals surface area (Å²) in [7, 11) is 3.06. The Morgan fingerprint density at radius 3 is 2.54 bits per heavy atom. The Morgan fingerprint density at radius 1 is 1.25 bits per heavy atom. The number of nitrogens with two attached hydrogens (primary N) is 1. The number of ether oxygens (including phenoxy) is 1. The van der Waals surface area contributed by atoms with E-state index in [1.165, 1.54) is 23.0 Å². The van der Waals surface area contributed by atoms with Crippen LogP contribution in [0.3, 0.4) is 0 Å². The summed E-state index contributed by atoms with van der Waals surface area (Å²) < 4.78 is 7.65. The topological polar surface area (TPSA) is 104 Å². The van der Waals surface area contributed by atoms with E-state index >= 15 is 0 Å². The van der Waals surface area contributed by atoms with E-state index in [1.54, 1.807) is 12.5 Å². The summed E-state index contributed by atoms with van der Waals surface area (Å²) in [6.07, 6.45) is 0. The Balaban J connectivity index is 1.99. The molecule has 28 heavy (non-hydrogen) atoms. The Kier molecular flexibility index (Phi) is 5.55. The van der Waals surface area contributed by atoms with Crippen LogP contribution in [0.4, 0.5) is 16.6 Å². The Labute approximate surface area is 166 Å². The molecule has 2 heterocycles. The summed E-state index contributed by atoms with van der Waals surface area (Å²) >= 11 is 1.35. The Bertz CT molecular complexity index is 1100. The average Bonchev–Trinajstić information content (AvgIpc) is 3.12. The molecule has 0 aliphatic heterocycles. The van der Waals surface area contributed by atoms with Gasteiger partial charge in [0.05, 0.1) is 12.8 Å². The van der Waals surface area contributed by atoms with Crippen LogP contribution in [0.15, 0.2) is 39.2 Å². The number of hydrogen-bond donors (Lipinski definition) is 2. The third kappa shape index (κ3) is 3.79. The van der Waals surface area contributed by atoms with Crippen LogP contribution in [0.1, 0.15) is 13.8 Å². The third-order valence-corrected chi connectivity index (χ3v) is 4.99. The van der Waals surface area contributed by atoms with Gasteiger partial charge in [0.15, 0.2) is 5.13 Å². The van der Waals surface area contributed by atoms with Crippen molar-refractivity contribution in [2.45, 2.75) is 20.4 Å². The van der Waals surface area contributed by atoms with Crippen LogP contribution >= 0.6 is 11.3 Å². The molecule has 0 aliphatic carbocycles. The molecule has 8 nitrogen and oxygen atoms in total. The maximum absolute atomic E-state index is 12.7. The number of hydrogen-bond acceptors (Lipinski definition) is 7. The highest BCUT2D eigenvalue weighted by atomic mass is 32.1. The number of rotatable bonds is 6. The van der Waals surface area contributed by atoms with Crippen LogP contribution in [-0.2, 0) is 13.6 Å². The maximum atomic E-state index is 12.7. The molecule has 9 heteroatoms. The molecule has 3 rings (SSSR count). The van der Waals surface area contributed by atoms with Crippen molar-refractivity contribution in [3.63, 3.8) is 0 Å². The Hall–Kier alpha value is -3.07. The molecule has 0 fully saturated rings. The van der Waals surface area contributed by atoms with Crippen molar-refractivity contribution in [1.29, 1.82) is 0 Å². The van der Waals surface area contributed by atoms with Crippen molar-refractivity contribution in [3.05, 3.63) is 50.5 Å². The fourth-order valence-corrected chi connectivity index (χ4v) is 3.53. The molecular weight excluding hydrogens is 378 g/mol. The summed E-state index contributed by atoms with van der Waals surface area (Å²) in [6, 6.07) is 7.42. The number of methoxy groups -OCH3 is 1. The second kappa shape index (κ2) is 7.89. The molecule has 0 amide bonds. The van der Waals surface area contributed by atoms with Gasteiger partial charge >= 0.3 is 5.69 Å². The van der Waals surface area contributed by atoms with Crippen molar-refractivity contribution in [2.24, 2.45) is 13.0 Å². The van der Waals surface area contributed by atoms with Crippen molar-refractivity contribution < 1.29 is 4.74 Å². The molecule has 0 unspecified atom stereocenters. The first-order valence-corrected chi connectivity index (χ1v) is 9.66. The predicted molar refractivity (Wildman–Crippen MR) is 113 cm³/mol. The van der Waals surface area contributed by atoms with Gasteiger partial charge in [-0.15, -0.1) is 11.3 Å². The molecule has 3 aromatic rings. The zero-order chi connectivity index (χ0) is 20.4. The van der Waals surface area contributed by atoms with E-state index in [1.807, 2.05) is 38.1 Å². The van der Waals surface area contributed by atoms with Crippen LogP contribution in [0.5, 0.6) is 5.75 Å². The zero-order valence-electron chi connectivity index (χ0n) is 16.2. The predicted octanol–water partition coefficient (Wildman–Crippen LogP) is 2.66.